The van der Waals surface area contributed by atoms with Crippen LogP contribution >= 0.6 is 0 Å². The first kappa shape index (κ1) is 12.0. The van der Waals surface area contributed by atoms with Crippen molar-refractivity contribution in [1.82, 2.24) is 5.32 Å². The fourth-order valence-electron chi connectivity index (χ4n) is 2.60. The van der Waals surface area contributed by atoms with Crippen molar-refractivity contribution in [3.63, 3.8) is 0 Å². The molecule has 14 heavy (non-hydrogen) atoms. The fraction of sp³-hybridized carbons (Fsp3) is 1.00. The summed E-state index contributed by atoms with van der Waals surface area (Å²) >= 11 is 0. The Balaban J connectivity index is 2.60. The quantitative estimate of drug-likeness (QED) is 0.728. The normalized spacial score (nSPS) is 33.2. The third-order valence-electron chi connectivity index (χ3n) is 3.56. The fourth-order valence-corrected chi connectivity index (χ4v) is 2.60. The van der Waals surface area contributed by atoms with E-state index in [-0.39, 0.29) is 12.1 Å². The molecule has 2 N–H and O–H groups in total. The monoisotopic (exact) mass is 199 g/mol. The predicted octanol–water partition coefficient (Wildman–Crippen LogP) is 2.32. The van der Waals surface area contributed by atoms with Crippen molar-refractivity contribution >= 4 is 0 Å². The lowest BCUT2D eigenvalue weighted by molar-refractivity contribution is 0.141. The Morgan fingerprint density at radius 3 is 2.36 bits per heavy atom. The zero-order chi connectivity index (χ0) is 10.8. The maximum Gasteiger partial charge on any atom is 0.0613 e. The van der Waals surface area contributed by atoms with Gasteiger partial charge >= 0.3 is 0 Å². The Kier molecular flexibility index (Phi) is 3.59. The topological polar surface area (TPSA) is 32.3 Å². The number of hydrogen-bond donors (Lipinski definition) is 2. The molecule has 1 rings (SSSR count). The van der Waals surface area contributed by atoms with Crippen molar-refractivity contribution in [2.24, 2.45) is 5.41 Å². The Labute approximate surface area is 88.1 Å². The van der Waals surface area contributed by atoms with E-state index in [1.165, 1.54) is 6.42 Å². The van der Waals surface area contributed by atoms with E-state index in [9.17, 15) is 5.11 Å². The minimum Gasteiger partial charge on any atom is -0.394 e. The van der Waals surface area contributed by atoms with Gasteiger partial charge in [0.1, 0.15) is 0 Å². The molecule has 2 unspecified atom stereocenters. The van der Waals surface area contributed by atoms with Gasteiger partial charge in [-0.1, -0.05) is 20.8 Å². The van der Waals surface area contributed by atoms with E-state index >= 15 is 0 Å². The summed E-state index contributed by atoms with van der Waals surface area (Å²) < 4.78 is 0. The van der Waals surface area contributed by atoms with Crippen molar-refractivity contribution in [1.29, 1.82) is 0 Å². The van der Waals surface area contributed by atoms with Crippen LogP contribution in [0.15, 0.2) is 0 Å². The van der Waals surface area contributed by atoms with Crippen molar-refractivity contribution in [3.8, 4) is 0 Å². The maximum absolute atomic E-state index is 9.53. The van der Waals surface area contributed by atoms with Crippen LogP contribution in [-0.4, -0.2) is 23.3 Å². The summed E-state index contributed by atoms with van der Waals surface area (Å²) in [5.41, 5.74) is 0.391. The lowest BCUT2D eigenvalue weighted by Gasteiger charge is -2.33. The average Bonchev–Trinajstić information content (AvgIpc) is 2.42. The summed E-state index contributed by atoms with van der Waals surface area (Å²) in [6, 6.07) is 0.510. The lowest BCUT2D eigenvalue weighted by Crippen LogP contribution is -2.50. The molecule has 84 valence electrons. The molecule has 2 atom stereocenters. The first-order valence-corrected chi connectivity index (χ1v) is 5.82. The SMILES string of the molecule is CCC(C)NC1(CO)CCC(C)(C)C1. The molecule has 2 nitrogen and oxygen atoms in total. The molecular weight excluding hydrogens is 174 g/mol. The van der Waals surface area contributed by atoms with Gasteiger partial charge in [0.15, 0.2) is 0 Å². The summed E-state index contributed by atoms with van der Waals surface area (Å²) in [5, 5.41) is 13.1. The number of rotatable bonds is 4. The first-order valence-electron chi connectivity index (χ1n) is 5.82. The molecule has 0 aromatic rings. The summed E-state index contributed by atoms with van der Waals surface area (Å²) in [6.07, 6.45) is 4.56. The molecule has 0 aromatic heterocycles. The van der Waals surface area contributed by atoms with Crippen LogP contribution in [0.5, 0.6) is 0 Å². The van der Waals surface area contributed by atoms with Crippen molar-refractivity contribution < 1.29 is 5.11 Å². The molecular formula is C12H25NO. The van der Waals surface area contributed by atoms with E-state index in [0.717, 1.165) is 19.3 Å². The average molecular weight is 199 g/mol. The second-order valence-corrected chi connectivity index (χ2v) is 5.73. The van der Waals surface area contributed by atoms with Gasteiger partial charge in [-0.3, -0.25) is 0 Å². The van der Waals surface area contributed by atoms with Gasteiger partial charge in [0.05, 0.1) is 6.61 Å². The highest BCUT2D eigenvalue weighted by molar-refractivity contribution is 5.00. The number of nitrogens with one attached hydrogen (secondary N) is 1. The highest BCUT2D eigenvalue weighted by atomic mass is 16.3. The highest BCUT2D eigenvalue weighted by Crippen LogP contribution is 2.43. The minimum absolute atomic E-state index is 0.00106. The molecule has 0 aromatic carbocycles. The van der Waals surface area contributed by atoms with E-state index in [4.69, 9.17) is 0 Å². The number of aliphatic hydroxyl groups is 1. The molecule has 2 heteroatoms. The molecule has 0 amide bonds. The van der Waals surface area contributed by atoms with Gasteiger partial charge in [0.2, 0.25) is 0 Å². The van der Waals surface area contributed by atoms with Gasteiger partial charge in [-0.2, -0.15) is 0 Å². The van der Waals surface area contributed by atoms with Crippen LogP contribution in [0.2, 0.25) is 0 Å². The highest BCUT2D eigenvalue weighted by Gasteiger charge is 2.42. The number of aliphatic hydroxyl groups excluding tert-OH is 1. The van der Waals surface area contributed by atoms with Gasteiger partial charge in [-0.05, 0) is 38.0 Å². The van der Waals surface area contributed by atoms with Crippen LogP contribution in [0.1, 0.15) is 53.4 Å². The summed E-state index contributed by atoms with van der Waals surface area (Å²) in [4.78, 5) is 0. The van der Waals surface area contributed by atoms with Gasteiger partial charge in [-0.15, -0.1) is 0 Å². The summed E-state index contributed by atoms with van der Waals surface area (Å²) in [7, 11) is 0. The van der Waals surface area contributed by atoms with Crippen LogP contribution in [0.4, 0.5) is 0 Å². The largest absolute Gasteiger partial charge is 0.394 e. The molecule has 0 radical (unpaired) electrons. The lowest BCUT2D eigenvalue weighted by atomic mass is 9.87. The van der Waals surface area contributed by atoms with Crippen molar-refractivity contribution in [2.75, 3.05) is 6.61 Å². The molecule has 0 bridgehead atoms. The third-order valence-corrected chi connectivity index (χ3v) is 3.56. The predicted molar refractivity (Wildman–Crippen MR) is 60.3 cm³/mol. The van der Waals surface area contributed by atoms with Crippen LogP contribution in [0, 0.1) is 5.41 Å². The van der Waals surface area contributed by atoms with E-state index in [1.807, 2.05) is 0 Å². The van der Waals surface area contributed by atoms with Crippen LogP contribution in [0.25, 0.3) is 0 Å². The first-order chi connectivity index (χ1) is 6.43. The summed E-state index contributed by atoms with van der Waals surface area (Å²) in [5.74, 6) is 0. The second kappa shape index (κ2) is 4.19. The Hall–Kier alpha value is -0.0800. The minimum atomic E-state index is -0.00106. The molecule has 1 saturated carbocycles. The molecule has 1 aliphatic carbocycles. The van der Waals surface area contributed by atoms with Gasteiger partial charge in [-0.25, -0.2) is 0 Å². The van der Waals surface area contributed by atoms with Crippen LogP contribution < -0.4 is 5.32 Å². The Morgan fingerprint density at radius 2 is 2.00 bits per heavy atom. The van der Waals surface area contributed by atoms with E-state index in [1.54, 1.807) is 0 Å². The molecule has 1 fully saturated rings. The Morgan fingerprint density at radius 1 is 1.36 bits per heavy atom. The zero-order valence-electron chi connectivity index (χ0n) is 10.1. The van der Waals surface area contributed by atoms with Gasteiger partial charge < -0.3 is 10.4 Å². The van der Waals surface area contributed by atoms with Crippen LogP contribution in [0.3, 0.4) is 0 Å². The zero-order valence-corrected chi connectivity index (χ0v) is 10.1. The molecule has 0 heterocycles. The van der Waals surface area contributed by atoms with Gasteiger partial charge in [0.25, 0.3) is 0 Å². The van der Waals surface area contributed by atoms with Crippen LogP contribution in [-0.2, 0) is 0 Å². The molecule has 0 spiro atoms. The summed E-state index contributed by atoms with van der Waals surface area (Å²) in [6.45, 7) is 9.25. The smallest absolute Gasteiger partial charge is 0.0613 e. The Bertz CT molecular complexity index is 191. The molecule has 1 aliphatic rings. The molecule has 0 aliphatic heterocycles. The van der Waals surface area contributed by atoms with E-state index in [0.29, 0.717) is 11.5 Å². The standard InChI is InChI=1S/C12H25NO/c1-5-10(2)13-12(9-14)7-6-11(3,4)8-12/h10,13-14H,5-9H2,1-4H3. The van der Waals surface area contributed by atoms with Gasteiger partial charge in [0, 0.05) is 11.6 Å². The number of hydrogen-bond acceptors (Lipinski definition) is 2. The van der Waals surface area contributed by atoms with Crippen molar-refractivity contribution in [3.05, 3.63) is 0 Å². The second-order valence-electron chi connectivity index (χ2n) is 5.73. The molecule has 0 saturated heterocycles. The van der Waals surface area contributed by atoms with Crippen molar-refractivity contribution in [2.45, 2.75) is 65.0 Å². The van der Waals surface area contributed by atoms with E-state index < -0.39 is 0 Å². The third kappa shape index (κ3) is 2.71. The van der Waals surface area contributed by atoms with E-state index in [2.05, 4.69) is 33.0 Å². The maximum atomic E-state index is 9.53.